The van der Waals surface area contributed by atoms with Gasteiger partial charge in [0.1, 0.15) is 11.6 Å². The lowest BCUT2D eigenvalue weighted by atomic mass is 10.2. The van der Waals surface area contributed by atoms with E-state index in [-0.39, 0.29) is 5.78 Å². The number of benzene rings is 1. The summed E-state index contributed by atoms with van der Waals surface area (Å²) in [5.74, 6) is 0.984. The van der Waals surface area contributed by atoms with Crippen molar-refractivity contribution in [2.24, 2.45) is 0 Å². The number of imidazole rings is 1. The Morgan fingerprint density at radius 1 is 1.47 bits per heavy atom. The van der Waals surface area contributed by atoms with Gasteiger partial charge in [-0.15, -0.1) is 0 Å². The summed E-state index contributed by atoms with van der Waals surface area (Å²) in [5.41, 5.74) is 3.12. The van der Waals surface area contributed by atoms with Crippen LogP contribution in [-0.4, -0.2) is 15.8 Å². The fraction of sp³-hybridized carbons (Fsp3) is 0.333. The van der Waals surface area contributed by atoms with Crippen molar-refractivity contribution in [1.82, 2.24) is 9.97 Å². The van der Waals surface area contributed by atoms with Gasteiger partial charge in [0.25, 0.3) is 0 Å². The van der Waals surface area contributed by atoms with Crippen LogP contribution in [-0.2, 0) is 11.2 Å². The van der Waals surface area contributed by atoms with Gasteiger partial charge in [0.05, 0.1) is 17.5 Å². The number of rotatable bonds is 3. The number of nitrogens with zero attached hydrogens (tertiary/aromatic N) is 1. The summed E-state index contributed by atoms with van der Waals surface area (Å²) in [6, 6.07) is 5.99. The Morgan fingerprint density at radius 2 is 2.27 bits per heavy atom. The minimum atomic E-state index is 0.215. The second-order valence-corrected chi connectivity index (χ2v) is 3.72. The smallest absolute Gasteiger partial charge is 0.140 e. The van der Waals surface area contributed by atoms with Gasteiger partial charge in [-0.1, -0.05) is 19.1 Å². The maximum absolute atomic E-state index is 11.3. The summed E-state index contributed by atoms with van der Waals surface area (Å²) in [5, 5.41) is 0. The van der Waals surface area contributed by atoms with Gasteiger partial charge in [-0.05, 0) is 18.6 Å². The lowest BCUT2D eigenvalue weighted by molar-refractivity contribution is -0.118. The number of hydrogen-bond acceptors (Lipinski definition) is 2. The van der Waals surface area contributed by atoms with Crippen molar-refractivity contribution >= 4 is 16.8 Å². The molecule has 0 unspecified atom stereocenters. The van der Waals surface area contributed by atoms with Gasteiger partial charge in [-0.25, -0.2) is 4.98 Å². The molecule has 0 aliphatic heterocycles. The predicted molar refractivity (Wildman–Crippen MR) is 59.8 cm³/mol. The number of para-hydroxylation sites is 1. The number of ketones is 1. The highest BCUT2D eigenvalue weighted by Gasteiger charge is 2.07. The van der Waals surface area contributed by atoms with Crippen LogP contribution < -0.4 is 0 Å². The Bertz CT molecular complexity index is 499. The molecule has 0 atom stereocenters. The number of hydrogen-bond donors (Lipinski definition) is 1. The van der Waals surface area contributed by atoms with E-state index in [4.69, 9.17) is 0 Å². The standard InChI is InChI=1S/C12H14N2O/c1-3-9(15)7-11-13-10-6-4-5-8(2)12(10)14-11/h4-6H,3,7H2,1-2H3,(H,13,14). The van der Waals surface area contributed by atoms with E-state index in [0.29, 0.717) is 12.8 Å². The number of nitrogens with one attached hydrogen (secondary N) is 1. The van der Waals surface area contributed by atoms with Crippen molar-refractivity contribution in [3.05, 3.63) is 29.6 Å². The van der Waals surface area contributed by atoms with E-state index < -0.39 is 0 Å². The zero-order chi connectivity index (χ0) is 10.8. The largest absolute Gasteiger partial charge is 0.342 e. The highest BCUT2D eigenvalue weighted by molar-refractivity contribution is 5.82. The first kappa shape index (κ1) is 9.90. The molecule has 1 aromatic heterocycles. The fourth-order valence-electron chi connectivity index (χ4n) is 1.62. The van der Waals surface area contributed by atoms with Crippen LogP contribution in [0.4, 0.5) is 0 Å². The highest BCUT2D eigenvalue weighted by atomic mass is 16.1. The number of aromatic amines is 1. The molecule has 0 saturated heterocycles. The van der Waals surface area contributed by atoms with E-state index >= 15 is 0 Å². The van der Waals surface area contributed by atoms with Gasteiger partial charge in [-0.3, -0.25) is 4.79 Å². The van der Waals surface area contributed by atoms with Crippen molar-refractivity contribution in [2.45, 2.75) is 26.7 Å². The molecule has 78 valence electrons. The Hall–Kier alpha value is -1.64. The molecule has 2 aromatic rings. The third kappa shape index (κ3) is 1.91. The highest BCUT2D eigenvalue weighted by Crippen LogP contribution is 2.15. The fourth-order valence-corrected chi connectivity index (χ4v) is 1.62. The number of carbonyl (C=O) groups excluding carboxylic acids is 1. The normalized spacial score (nSPS) is 10.8. The number of fused-ring (bicyclic) bond motifs is 1. The van der Waals surface area contributed by atoms with Gasteiger partial charge in [0, 0.05) is 6.42 Å². The quantitative estimate of drug-likeness (QED) is 0.830. The maximum atomic E-state index is 11.3. The van der Waals surface area contributed by atoms with E-state index in [1.807, 2.05) is 32.0 Å². The molecule has 0 radical (unpaired) electrons. The van der Waals surface area contributed by atoms with E-state index in [9.17, 15) is 4.79 Å². The maximum Gasteiger partial charge on any atom is 0.140 e. The molecule has 0 bridgehead atoms. The molecule has 0 aliphatic rings. The predicted octanol–water partition coefficient (Wildman–Crippen LogP) is 2.39. The third-order valence-corrected chi connectivity index (χ3v) is 2.52. The molecule has 0 fully saturated rings. The van der Waals surface area contributed by atoms with Gasteiger partial charge in [0.15, 0.2) is 0 Å². The average Bonchev–Trinajstić information content (AvgIpc) is 2.62. The lowest BCUT2D eigenvalue weighted by Gasteiger charge is -1.91. The van der Waals surface area contributed by atoms with E-state index in [0.717, 1.165) is 22.4 Å². The van der Waals surface area contributed by atoms with Crippen molar-refractivity contribution in [3.63, 3.8) is 0 Å². The zero-order valence-electron chi connectivity index (χ0n) is 9.00. The van der Waals surface area contributed by atoms with E-state index in [1.165, 1.54) is 0 Å². The van der Waals surface area contributed by atoms with Crippen LogP contribution >= 0.6 is 0 Å². The molecule has 1 N–H and O–H groups in total. The van der Waals surface area contributed by atoms with Gasteiger partial charge in [-0.2, -0.15) is 0 Å². The third-order valence-electron chi connectivity index (χ3n) is 2.52. The first-order valence-corrected chi connectivity index (χ1v) is 5.16. The van der Waals surface area contributed by atoms with Gasteiger partial charge in [0.2, 0.25) is 0 Å². The van der Waals surface area contributed by atoms with Crippen LogP contribution in [0.5, 0.6) is 0 Å². The van der Waals surface area contributed by atoms with Crippen LogP contribution in [0.25, 0.3) is 11.0 Å². The van der Waals surface area contributed by atoms with Crippen molar-refractivity contribution in [3.8, 4) is 0 Å². The van der Waals surface area contributed by atoms with Crippen LogP contribution in [0.2, 0.25) is 0 Å². The first-order chi connectivity index (χ1) is 7.20. The Labute approximate surface area is 88.5 Å². The number of aryl methyl sites for hydroxylation is 1. The van der Waals surface area contributed by atoms with Crippen LogP contribution in [0.15, 0.2) is 18.2 Å². The average molecular weight is 202 g/mol. The van der Waals surface area contributed by atoms with E-state index in [1.54, 1.807) is 0 Å². The molecular weight excluding hydrogens is 188 g/mol. The molecular formula is C12H14N2O. The molecule has 0 saturated carbocycles. The van der Waals surface area contributed by atoms with Crippen LogP contribution in [0.1, 0.15) is 24.7 Å². The Kier molecular flexibility index (Phi) is 2.54. The molecule has 1 heterocycles. The van der Waals surface area contributed by atoms with Crippen LogP contribution in [0.3, 0.4) is 0 Å². The minimum absolute atomic E-state index is 0.215. The second kappa shape index (κ2) is 3.85. The van der Waals surface area contributed by atoms with Crippen molar-refractivity contribution < 1.29 is 4.79 Å². The van der Waals surface area contributed by atoms with E-state index in [2.05, 4.69) is 9.97 Å². The molecule has 1 aromatic carbocycles. The molecule has 3 nitrogen and oxygen atoms in total. The number of carbonyl (C=O) groups is 1. The van der Waals surface area contributed by atoms with Crippen molar-refractivity contribution in [2.75, 3.05) is 0 Å². The summed E-state index contributed by atoms with van der Waals surface area (Å²) < 4.78 is 0. The minimum Gasteiger partial charge on any atom is -0.342 e. The monoisotopic (exact) mass is 202 g/mol. The number of H-pyrrole nitrogens is 1. The topological polar surface area (TPSA) is 45.8 Å². The summed E-state index contributed by atoms with van der Waals surface area (Å²) in [6.45, 7) is 3.89. The Morgan fingerprint density at radius 3 is 2.93 bits per heavy atom. The molecule has 0 amide bonds. The van der Waals surface area contributed by atoms with Gasteiger partial charge < -0.3 is 4.98 Å². The number of aromatic nitrogens is 2. The Balaban J connectivity index is 2.39. The first-order valence-electron chi connectivity index (χ1n) is 5.16. The van der Waals surface area contributed by atoms with Crippen molar-refractivity contribution in [1.29, 1.82) is 0 Å². The molecule has 0 spiro atoms. The molecule has 3 heteroatoms. The zero-order valence-corrected chi connectivity index (χ0v) is 9.00. The summed E-state index contributed by atoms with van der Waals surface area (Å²) in [7, 11) is 0. The van der Waals surface area contributed by atoms with Crippen LogP contribution in [0, 0.1) is 6.92 Å². The lowest BCUT2D eigenvalue weighted by Crippen LogP contribution is -2.01. The second-order valence-electron chi connectivity index (χ2n) is 3.72. The van der Waals surface area contributed by atoms with Gasteiger partial charge >= 0.3 is 0 Å². The molecule has 2 rings (SSSR count). The summed E-state index contributed by atoms with van der Waals surface area (Å²) in [6.07, 6.45) is 0.973. The summed E-state index contributed by atoms with van der Waals surface area (Å²) >= 11 is 0. The summed E-state index contributed by atoms with van der Waals surface area (Å²) in [4.78, 5) is 18.9. The molecule has 15 heavy (non-hydrogen) atoms. The number of Topliss-reactive ketones (excluding diaryl/α,β-unsaturated/α-hetero) is 1. The molecule has 0 aliphatic carbocycles. The SMILES string of the molecule is CCC(=O)Cc1nc2c(C)cccc2[nH]1.